The zero-order chi connectivity index (χ0) is 27.1. The molecular weight excluding hydrogens is 450 g/mol. The molecule has 0 aliphatic heterocycles. The Balaban J connectivity index is 3.17. The van der Waals surface area contributed by atoms with Gasteiger partial charge in [-0.05, 0) is 12.8 Å². The average molecular weight is 522 g/mol. The molecule has 0 bridgehead atoms. The molecule has 0 aliphatic rings. The van der Waals surface area contributed by atoms with Crippen LogP contribution in [0.5, 0.6) is 0 Å². The maximum absolute atomic E-state index is 12.2. The molecule has 0 atom stereocenters. The third-order valence-electron chi connectivity index (χ3n) is 8.27. The number of hydrogen-bond acceptors (Lipinski definition) is 1. The second kappa shape index (κ2) is 31.7. The summed E-state index contributed by atoms with van der Waals surface area (Å²) < 4.78 is 0. The van der Waals surface area contributed by atoms with Crippen molar-refractivity contribution in [3.05, 3.63) is 0 Å². The first-order valence-electron chi connectivity index (χ1n) is 17.5. The number of carbonyl (C=O) groups excluding carboxylic acids is 1. The highest BCUT2D eigenvalue weighted by atomic mass is 16.2. The molecule has 2 heteroatoms. The Morgan fingerprint density at radius 2 is 0.622 bits per heavy atom. The molecule has 2 nitrogen and oxygen atoms in total. The van der Waals surface area contributed by atoms with E-state index >= 15 is 0 Å². The summed E-state index contributed by atoms with van der Waals surface area (Å²) in [6, 6.07) is 0. The lowest BCUT2D eigenvalue weighted by molar-refractivity contribution is -0.130. The highest BCUT2D eigenvalue weighted by molar-refractivity contribution is 5.75. The molecule has 222 valence electrons. The topological polar surface area (TPSA) is 20.3 Å². The van der Waals surface area contributed by atoms with Gasteiger partial charge in [-0.2, -0.15) is 0 Å². The van der Waals surface area contributed by atoms with Crippen LogP contribution in [-0.2, 0) is 4.79 Å². The van der Waals surface area contributed by atoms with Gasteiger partial charge in [0, 0.05) is 20.0 Å². The molecule has 0 heterocycles. The van der Waals surface area contributed by atoms with Crippen LogP contribution in [0.1, 0.15) is 206 Å². The van der Waals surface area contributed by atoms with Gasteiger partial charge in [-0.25, -0.2) is 0 Å². The van der Waals surface area contributed by atoms with Gasteiger partial charge in [0.2, 0.25) is 5.91 Å². The van der Waals surface area contributed by atoms with Crippen LogP contribution in [0, 0.1) is 0 Å². The van der Waals surface area contributed by atoms with Crippen LogP contribution in [0.4, 0.5) is 0 Å². The maximum Gasteiger partial charge on any atom is 0.222 e. The summed E-state index contributed by atoms with van der Waals surface area (Å²) in [5, 5.41) is 0. The van der Waals surface area contributed by atoms with Crippen LogP contribution in [0.3, 0.4) is 0 Å². The van der Waals surface area contributed by atoms with Crippen molar-refractivity contribution >= 4 is 5.91 Å². The molecule has 0 aromatic carbocycles. The minimum atomic E-state index is 0.356. The summed E-state index contributed by atoms with van der Waals surface area (Å²) in [7, 11) is 1.99. The molecule has 37 heavy (non-hydrogen) atoms. The van der Waals surface area contributed by atoms with E-state index in [-0.39, 0.29) is 0 Å². The Morgan fingerprint density at radius 3 is 0.919 bits per heavy atom. The van der Waals surface area contributed by atoms with Gasteiger partial charge in [-0.1, -0.05) is 187 Å². The zero-order valence-electron chi connectivity index (χ0n) is 26.3. The van der Waals surface area contributed by atoms with Crippen molar-refractivity contribution in [1.29, 1.82) is 0 Å². The summed E-state index contributed by atoms with van der Waals surface area (Å²) in [5.74, 6) is 0.356. The van der Waals surface area contributed by atoms with Crippen LogP contribution in [-0.4, -0.2) is 24.4 Å². The van der Waals surface area contributed by atoms with Gasteiger partial charge < -0.3 is 4.90 Å². The number of hydrogen-bond donors (Lipinski definition) is 0. The standard InChI is InChI=1S/C35H71NO/c1-4-6-8-10-11-12-13-14-15-16-17-18-19-20-21-22-23-24-25-26-27-28-29-31-33-35(37)36(3)34-32-30-9-7-5-2/h4-34H2,1-3H3. The van der Waals surface area contributed by atoms with Gasteiger partial charge in [0.25, 0.3) is 0 Å². The van der Waals surface area contributed by atoms with E-state index in [1.807, 2.05) is 11.9 Å². The third-order valence-corrected chi connectivity index (χ3v) is 8.27. The maximum atomic E-state index is 12.2. The summed E-state index contributed by atoms with van der Waals surface area (Å²) in [6.07, 6.45) is 41.2. The highest BCUT2D eigenvalue weighted by Crippen LogP contribution is 2.16. The number of amides is 1. The van der Waals surface area contributed by atoms with E-state index in [1.165, 1.54) is 180 Å². The third kappa shape index (κ3) is 29.9. The second-order valence-electron chi connectivity index (χ2n) is 12.1. The molecule has 0 saturated carbocycles. The Hall–Kier alpha value is -0.530. The fourth-order valence-electron chi connectivity index (χ4n) is 5.51. The molecule has 0 aromatic rings. The lowest BCUT2D eigenvalue weighted by Gasteiger charge is -2.17. The lowest BCUT2D eigenvalue weighted by atomic mass is 10.0. The second-order valence-corrected chi connectivity index (χ2v) is 12.1. The van der Waals surface area contributed by atoms with Crippen molar-refractivity contribution in [1.82, 2.24) is 4.90 Å². The number of rotatable bonds is 31. The molecule has 0 aromatic heterocycles. The van der Waals surface area contributed by atoms with Crippen molar-refractivity contribution in [2.45, 2.75) is 206 Å². The van der Waals surface area contributed by atoms with E-state index in [9.17, 15) is 4.79 Å². The van der Waals surface area contributed by atoms with Crippen molar-refractivity contribution in [3.8, 4) is 0 Å². The van der Waals surface area contributed by atoms with Crippen molar-refractivity contribution in [3.63, 3.8) is 0 Å². The number of carbonyl (C=O) groups is 1. The Bertz CT molecular complexity index is 435. The minimum absolute atomic E-state index is 0.356. The van der Waals surface area contributed by atoms with Gasteiger partial charge in [0.15, 0.2) is 0 Å². The van der Waals surface area contributed by atoms with Crippen LogP contribution in [0.25, 0.3) is 0 Å². The zero-order valence-corrected chi connectivity index (χ0v) is 26.3. The molecule has 0 rings (SSSR count). The smallest absolute Gasteiger partial charge is 0.222 e. The van der Waals surface area contributed by atoms with E-state index in [0.29, 0.717) is 5.91 Å². The van der Waals surface area contributed by atoms with E-state index in [0.717, 1.165) is 19.4 Å². The Morgan fingerprint density at radius 1 is 0.378 bits per heavy atom. The predicted molar refractivity (Wildman–Crippen MR) is 167 cm³/mol. The molecule has 0 unspecified atom stereocenters. The van der Waals surface area contributed by atoms with Crippen molar-refractivity contribution in [2.24, 2.45) is 0 Å². The Labute approximate surface area is 235 Å². The van der Waals surface area contributed by atoms with Crippen LogP contribution < -0.4 is 0 Å². The first kappa shape index (κ1) is 36.5. The van der Waals surface area contributed by atoms with E-state index in [4.69, 9.17) is 0 Å². The first-order chi connectivity index (χ1) is 18.2. The van der Waals surface area contributed by atoms with Gasteiger partial charge in [-0.15, -0.1) is 0 Å². The van der Waals surface area contributed by atoms with Crippen molar-refractivity contribution in [2.75, 3.05) is 13.6 Å². The molecule has 0 spiro atoms. The summed E-state index contributed by atoms with van der Waals surface area (Å²) >= 11 is 0. The SMILES string of the molecule is CCCCCCCCCCCCCCCCCCCCCCCCCCC(=O)N(C)CCCCCCC. The molecule has 1 amide bonds. The normalized spacial score (nSPS) is 11.3. The number of nitrogens with zero attached hydrogens (tertiary/aromatic N) is 1. The van der Waals surface area contributed by atoms with Gasteiger partial charge >= 0.3 is 0 Å². The monoisotopic (exact) mass is 522 g/mol. The summed E-state index contributed by atoms with van der Waals surface area (Å²) in [5.41, 5.74) is 0. The summed E-state index contributed by atoms with van der Waals surface area (Å²) in [6.45, 7) is 5.50. The number of unbranched alkanes of at least 4 members (excludes halogenated alkanes) is 27. The fourth-order valence-corrected chi connectivity index (χ4v) is 5.51. The van der Waals surface area contributed by atoms with Crippen LogP contribution in [0.15, 0.2) is 0 Å². The summed E-state index contributed by atoms with van der Waals surface area (Å²) in [4.78, 5) is 14.2. The molecular formula is C35H71NO. The first-order valence-corrected chi connectivity index (χ1v) is 17.5. The fraction of sp³-hybridized carbons (Fsp3) is 0.971. The minimum Gasteiger partial charge on any atom is -0.346 e. The van der Waals surface area contributed by atoms with Crippen LogP contribution >= 0.6 is 0 Å². The Kier molecular flexibility index (Phi) is 31.2. The van der Waals surface area contributed by atoms with E-state index in [2.05, 4.69) is 13.8 Å². The van der Waals surface area contributed by atoms with Gasteiger partial charge in [0.1, 0.15) is 0 Å². The van der Waals surface area contributed by atoms with Gasteiger partial charge in [-0.3, -0.25) is 4.79 Å². The molecule has 0 fully saturated rings. The largest absolute Gasteiger partial charge is 0.346 e. The lowest BCUT2D eigenvalue weighted by Crippen LogP contribution is -2.27. The quantitative estimate of drug-likeness (QED) is 0.0830. The van der Waals surface area contributed by atoms with E-state index < -0.39 is 0 Å². The predicted octanol–water partition coefficient (Wildman–Crippen LogP) is 12.2. The van der Waals surface area contributed by atoms with Gasteiger partial charge in [0.05, 0.1) is 0 Å². The average Bonchev–Trinajstić information content (AvgIpc) is 2.90. The molecule has 0 radical (unpaired) electrons. The van der Waals surface area contributed by atoms with E-state index in [1.54, 1.807) is 0 Å². The molecule has 0 N–H and O–H groups in total. The van der Waals surface area contributed by atoms with Crippen LogP contribution in [0.2, 0.25) is 0 Å². The van der Waals surface area contributed by atoms with Crippen molar-refractivity contribution < 1.29 is 4.79 Å². The molecule has 0 saturated heterocycles. The highest BCUT2D eigenvalue weighted by Gasteiger charge is 2.07. The molecule has 0 aliphatic carbocycles.